The van der Waals surface area contributed by atoms with Crippen molar-refractivity contribution in [2.75, 3.05) is 21.3 Å². The number of rotatable bonds is 5. The van der Waals surface area contributed by atoms with Crippen molar-refractivity contribution >= 4 is 11.6 Å². The molecule has 0 N–H and O–H groups in total. The van der Waals surface area contributed by atoms with E-state index in [4.69, 9.17) is 25.8 Å². The fourth-order valence-electron chi connectivity index (χ4n) is 2.13. The monoisotopic (exact) mass is 310 g/mol. The fraction of sp³-hybridized carbons (Fsp3) is 0.250. The van der Waals surface area contributed by atoms with Crippen LogP contribution in [0.2, 0.25) is 0 Å². The van der Waals surface area contributed by atoms with Crippen LogP contribution in [0, 0.1) is 5.82 Å². The molecule has 0 bridgehead atoms. The Labute approximate surface area is 128 Å². The highest BCUT2D eigenvalue weighted by Crippen LogP contribution is 2.42. The predicted octanol–water partition coefficient (Wildman–Crippen LogP) is 4.18. The normalized spacial score (nSPS) is 11.9. The van der Waals surface area contributed by atoms with Crippen molar-refractivity contribution in [2.45, 2.75) is 5.38 Å². The summed E-state index contributed by atoms with van der Waals surface area (Å²) in [6.07, 6.45) is 0. The maximum absolute atomic E-state index is 14.2. The van der Waals surface area contributed by atoms with E-state index in [0.717, 1.165) is 0 Å². The summed E-state index contributed by atoms with van der Waals surface area (Å²) in [6, 6.07) is 9.86. The molecule has 0 radical (unpaired) electrons. The number of hydrogen-bond donors (Lipinski definition) is 0. The number of methoxy groups -OCH3 is 3. The smallest absolute Gasteiger partial charge is 0.131 e. The average molecular weight is 311 g/mol. The minimum atomic E-state index is -0.734. The Hall–Kier alpha value is -1.94. The van der Waals surface area contributed by atoms with Gasteiger partial charge in [0, 0.05) is 11.6 Å². The molecule has 0 saturated heterocycles. The number of halogens is 2. The molecular weight excluding hydrogens is 295 g/mol. The van der Waals surface area contributed by atoms with Gasteiger partial charge in [0.15, 0.2) is 0 Å². The first kappa shape index (κ1) is 15.4. The minimum Gasteiger partial charge on any atom is -0.497 e. The van der Waals surface area contributed by atoms with Crippen LogP contribution in [-0.2, 0) is 0 Å². The van der Waals surface area contributed by atoms with Gasteiger partial charge in [0.2, 0.25) is 0 Å². The maximum atomic E-state index is 14.2. The van der Waals surface area contributed by atoms with Crippen molar-refractivity contribution in [1.82, 2.24) is 0 Å². The summed E-state index contributed by atoms with van der Waals surface area (Å²) in [7, 11) is 4.55. The summed E-state index contributed by atoms with van der Waals surface area (Å²) in [5.41, 5.74) is 0.925. The summed E-state index contributed by atoms with van der Waals surface area (Å²) in [6.45, 7) is 0. The molecule has 1 atom stereocenters. The van der Waals surface area contributed by atoms with Gasteiger partial charge < -0.3 is 14.2 Å². The third-order valence-corrected chi connectivity index (χ3v) is 3.65. The number of hydrogen-bond acceptors (Lipinski definition) is 3. The topological polar surface area (TPSA) is 27.7 Å². The molecule has 0 fully saturated rings. The van der Waals surface area contributed by atoms with Gasteiger partial charge in [0.1, 0.15) is 23.1 Å². The van der Waals surface area contributed by atoms with E-state index in [1.165, 1.54) is 27.4 Å². The molecule has 21 heavy (non-hydrogen) atoms. The SMILES string of the molecule is COc1ccc(C(Cl)c2c(OC)cccc2OC)c(F)c1. The van der Waals surface area contributed by atoms with Crippen LogP contribution in [0.25, 0.3) is 0 Å². The van der Waals surface area contributed by atoms with E-state index in [1.54, 1.807) is 30.3 Å². The Morgan fingerprint density at radius 1 is 0.952 bits per heavy atom. The quantitative estimate of drug-likeness (QED) is 0.775. The average Bonchev–Trinajstić information content (AvgIpc) is 2.53. The second-order valence-electron chi connectivity index (χ2n) is 4.33. The molecule has 2 aromatic rings. The maximum Gasteiger partial charge on any atom is 0.131 e. The van der Waals surface area contributed by atoms with Crippen LogP contribution >= 0.6 is 11.6 Å². The molecule has 0 heterocycles. The van der Waals surface area contributed by atoms with Gasteiger partial charge in [-0.05, 0) is 18.2 Å². The molecule has 0 amide bonds. The van der Waals surface area contributed by atoms with E-state index in [1.807, 2.05) is 0 Å². The largest absolute Gasteiger partial charge is 0.497 e. The van der Waals surface area contributed by atoms with Gasteiger partial charge in [-0.15, -0.1) is 11.6 Å². The second kappa shape index (κ2) is 6.68. The van der Waals surface area contributed by atoms with Gasteiger partial charge in [-0.25, -0.2) is 4.39 Å². The Balaban J connectivity index is 2.51. The zero-order valence-electron chi connectivity index (χ0n) is 12.0. The van der Waals surface area contributed by atoms with Crippen molar-refractivity contribution in [3.63, 3.8) is 0 Å². The molecule has 0 aromatic heterocycles. The zero-order chi connectivity index (χ0) is 15.4. The first-order valence-electron chi connectivity index (χ1n) is 6.30. The van der Waals surface area contributed by atoms with Gasteiger partial charge >= 0.3 is 0 Å². The molecule has 1 unspecified atom stereocenters. The first-order chi connectivity index (χ1) is 10.1. The van der Waals surface area contributed by atoms with E-state index in [-0.39, 0.29) is 0 Å². The first-order valence-corrected chi connectivity index (χ1v) is 6.74. The van der Waals surface area contributed by atoms with Gasteiger partial charge in [0.25, 0.3) is 0 Å². The lowest BCUT2D eigenvalue weighted by molar-refractivity contribution is 0.385. The highest BCUT2D eigenvalue weighted by atomic mass is 35.5. The van der Waals surface area contributed by atoms with Crippen LogP contribution < -0.4 is 14.2 Å². The van der Waals surface area contributed by atoms with Gasteiger partial charge in [-0.2, -0.15) is 0 Å². The van der Waals surface area contributed by atoms with E-state index >= 15 is 0 Å². The molecule has 3 nitrogen and oxygen atoms in total. The summed E-state index contributed by atoms with van der Waals surface area (Å²) in [4.78, 5) is 0. The Morgan fingerprint density at radius 2 is 1.57 bits per heavy atom. The van der Waals surface area contributed by atoms with E-state index in [9.17, 15) is 4.39 Å². The highest BCUT2D eigenvalue weighted by molar-refractivity contribution is 6.23. The highest BCUT2D eigenvalue weighted by Gasteiger charge is 2.23. The standard InChI is InChI=1S/C16H16ClFO3/c1-19-10-7-8-11(12(18)9-10)16(17)15-13(20-2)5-4-6-14(15)21-3/h4-9,16H,1-3H3. The second-order valence-corrected chi connectivity index (χ2v) is 4.76. The van der Waals surface area contributed by atoms with Gasteiger partial charge in [-0.1, -0.05) is 12.1 Å². The lowest BCUT2D eigenvalue weighted by atomic mass is 10.0. The molecule has 0 saturated carbocycles. The lowest BCUT2D eigenvalue weighted by Gasteiger charge is -2.18. The Bertz CT molecular complexity index is 609. The Morgan fingerprint density at radius 3 is 2.05 bits per heavy atom. The molecule has 112 valence electrons. The van der Waals surface area contributed by atoms with Crippen LogP contribution in [0.3, 0.4) is 0 Å². The fourth-order valence-corrected chi connectivity index (χ4v) is 2.52. The van der Waals surface area contributed by atoms with Crippen LogP contribution in [0.15, 0.2) is 36.4 Å². The Kier molecular flexibility index (Phi) is 4.91. The molecule has 0 aliphatic carbocycles. The van der Waals surface area contributed by atoms with Gasteiger partial charge in [0.05, 0.1) is 32.3 Å². The molecule has 5 heteroatoms. The molecule has 0 aliphatic heterocycles. The molecule has 0 spiro atoms. The van der Waals surface area contributed by atoms with Crippen molar-refractivity contribution in [3.8, 4) is 17.2 Å². The van der Waals surface area contributed by atoms with E-state index in [2.05, 4.69) is 0 Å². The molecule has 0 aliphatic rings. The zero-order valence-corrected chi connectivity index (χ0v) is 12.8. The number of alkyl halides is 1. The molecular formula is C16H16ClFO3. The predicted molar refractivity (Wildman–Crippen MR) is 80.2 cm³/mol. The third-order valence-electron chi connectivity index (χ3n) is 3.20. The summed E-state index contributed by atoms with van der Waals surface area (Å²) in [5.74, 6) is 1.09. The van der Waals surface area contributed by atoms with Crippen molar-refractivity contribution in [2.24, 2.45) is 0 Å². The van der Waals surface area contributed by atoms with E-state index < -0.39 is 11.2 Å². The minimum absolute atomic E-state index is 0.334. The number of ether oxygens (including phenoxy) is 3. The molecule has 2 aromatic carbocycles. The third kappa shape index (κ3) is 3.05. The van der Waals surface area contributed by atoms with Crippen molar-refractivity contribution in [1.29, 1.82) is 0 Å². The lowest BCUT2D eigenvalue weighted by Crippen LogP contribution is -2.03. The number of benzene rings is 2. The van der Waals surface area contributed by atoms with Crippen LogP contribution in [0.4, 0.5) is 4.39 Å². The van der Waals surface area contributed by atoms with Crippen LogP contribution in [0.5, 0.6) is 17.2 Å². The molecule has 2 rings (SSSR count). The summed E-state index contributed by atoms with van der Waals surface area (Å²) in [5, 5.41) is -0.734. The van der Waals surface area contributed by atoms with Crippen LogP contribution in [-0.4, -0.2) is 21.3 Å². The van der Waals surface area contributed by atoms with Crippen molar-refractivity contribution < 1.29 is 18.6 Å². The summed E-state index contributed by atoms with van der Waals surface area (Å²) >= 11 is 6.46. The van der Waals surface area contributed by atoms with E-state index in [0.29, 0.717) is 28.4 Å². The van der Waals surface area contributed by atoms with Crippen LogP contribution in [0.1, 0.15) is 16.5 Å². The van der Waals surface area contributed by atoms with Gasteiger partial charge in [-0.3, -0.25) is 0 Å². The summed E-state index contributed by atoms with van der Waals surface area (Å²) < 4.78 is 29.8. The van der Waals surface area contributed by atoms with Crippen molar-refractivity contribution in [3.05, 3.63) is 53.3 Å².